The van der Waals surface area contributed by atoms with Gasteiger partial charge in [-0.15, -0.1) is 10.2 Å². The number of hydrogen-bond donors (Lipinski definition) is 1. The minimum atomic E-state index is 0.576. The normalized spacial score (nSPS) is 16.6. The van der Waals surface area contributed by atoms with Crippen LogP contribution >= 0.6 is 0 Å². The first-order valence-electron chi connectivity index (χ1n) is 7.69. The number of aromatic amines is 1. The summed E-state index contributed by atoms with van der Waals surface area (Å²) in [5.41, 5.74) is 4.36. The average molecular weight is 281 g/mol. The van der Waals surface area contributed by atoms with Crippen molar-refractivity contribution in [2.45, 2.75) is 44.9 Å². The molecule has 21 heavy (non-hydrogen) atoms. The Morgan fingerprint density at radius 3 is 2.86 bits per heavy atom. The van der Waals surface area contributed by atoms with Gasteiger partial charge in [-0.25, -0.2) is 0 Å². The van der Waals surface area contributed by atoms with E-state index in [2.05, 4.69) is 37.8 Å². The summed E-state index contributed by atoms with van der Waals surface area (Å²) in [6.45, 7) is 2.08. The van der Waals surface area contributed by atoms with Gasteiger partial charge in [-0.1, -0.05) is 25.3 Å². The van der Waals surface area contributed by atoms with Gasteiger partial charge in [-0.3, -0.25) is 9.50 Å². The third-order valence-corrected chi connectivity index (χ3v) is 4.55. The first-order valence-corrected chi connectivity index (χ1v) is 7.69. The zero-order chi connectivity index (χ0) is 14.2. The minimum Gasteiger partial charge on any atom is -0.282 e. The van der Waals surface area contributed by atoms with Crippen molar-refractivity contribution >= 4 is 5.65 Å². The lowest BCUT2D eigenvalue weighted by Crippen LogP contribution is -2.07. The van der Waals surface area contributed by atoms with Gasteiger partial charge in [-0.05, 0) is 31.9 Å². The molecule has 0 aliphatic heterocycles. The van der Waals surface area contributed by atoms with Crippen molar-refractivity contribution in [3.8, 4) is 11.4 Å². The molecule has 0 spiro atoms. The fraction of sp³-hybridized carbons (Fsp3) is 0.438. The molecule has 1 aliphatic rings. The van der Waals surface area contributed by atoms with Crippen molar-refractivity contribution < 1.29 is 0 Å². The maximum Gasteiger partial charge on any atom is 0.172 e. The second-order valence-corrected chi connectivity index (χ2v) is 5.92. The number of pyridine rings is 1. The maximum atomic E-state index is 4.41. The SMILES string of the molecule is Cc1cccc2nnc(-c3cn[nH]c3C3CCCCC3)n12. The van der Waals surface area contributed by atoms with Gasteiger partial charge in [0, 0.05) is 17.3 Å². The van der Waals surface area contributed by atoms with Crippen molar-refractivity contribution in [3.63, 3.8) is 0 Å². The lowest BCUT2D eigenvalue weighted by Gasteiger charge is -2.21. The van der Waals surface area contributed by atoms with Crippen LogP contribution in [0.25, 0.3) is 17.0 Å². The zero-order valence-corrected chi connectivity index (χ0v) is 12.2. The summed E-state index contributed by atoms with van der Waals surface area (Å²) in [6, 6.07) is 6.09. The van der Waals surface area contributed by atoms with Crippen LogP contribution in [0.15, 0.2) is 24.4 Å². The fourth-order valence-electron chi connectivity index (χ4n) is 3.45. The van der Waals surface area contributed by atoms with E-state index in [0.717, 1.165) is 22.7 Å². The first-order chi connectivity index (χ1) is 10.3. The summed E-state index contributed by atoms with van der Waals surface area (Å²) >= 11 is 0. The third-order valence-electron chi connectivity index (χ3n) is 4.55. The topological polar surface area (TPSA) is 58.9 Å². The van der Waals surface area contributed by atoms with Gasteiger partial charge in [0.25, 0.3) is 0 Å². The highest BCUT2D eigenvalue weighted by Gasteiger charge is 2.23. The molecule has 1 saturated carbocycles. The van der Waals surface area contributed by atoms with Gasteiger partial charge in [-0.2, -0.15) is 5.10 Å². The Bertz CT molecular complexity index is 764. The Balaban J connectivity index is 1.84. The predicted octanol–water partition coefficient (Wildman–Crippen LogP) is 3.48. The van der Waals surface area contributed by atoms with E-state index in [1.54, 1.807) is 0 Å². The number of nitrogens with zero attached hydrogens (tertiary/aromatic N) is 4. The summed E-state index contributed by atoms with van der Waals surface area (Å²) in [6.07, 6.45) is 8.35. The van der Waals surface area contributed by atoms with Crippen LogP contribution in [-0.2, 0) is 0 Å². The Morgan fingerprint density at radius 1 is 1.14 bits per heavy atom. The molecular formula is C16H19N5. The van der Waals surface area contributed by atoms with Crippen LogP contribution in [0, 0.1) is 6.92 Å². The number of H-pyrrole nitrogens is 1. The monoisotopic (exact) mass is 281 g/mol. The molecule has 1 N–H and O–H groups in total. The quantitative estimate of drug-likeness (QED) is 0.782. The van der Waals surface area contributed by atoms with Gasteiger partial charge in [0.05, 0.1) is 11.8 Å². The molecule has 4 rings (SSSR count). The van der Waals surface area contributed by atoms with Crippen molar-refractivity contribution in [2.24, 2.45) is 0 Å². The number of fused-ring (bicyclic) bond motifs is 1. The lowest BCUT2D eigenvalue weighted by molar-refractivity contribution is 0.437. The van der Waals surface area contributed by atoms with Gasteiger partial charge in [0.1, 0.15) is 0 Å². The van der Waals surface area contributed by atoms with E-state index >= 15 is 0 Å². The number of aryl methyl sites for hydroxylation is 1. The smallest absolute Gasteiger partial charge is 0.172 e. The van der Waals surface area contributed by atoms with E-state index in [4.69, 9.17) is 0 Å². The molecular weight excluding hydrogens is 262 g/mol. The number of rotatable bonds is 2. The van der Waals surface area contributed by atoms with Crippen LogP contribution in [0.3, 0.4) is 0 Å². The molecule has 1 fully saturated rings. The van der Waals surface area contributed by atoms with Gasteiger partial charge >= 0.3 is 0 Å². The second-order valence-electron chi connectivity index (χ2n) is 5.92. The van der Waals surface area contributed by atoms with E-state index < -0.39 is 0 Å². The summed E-state index contributed by atoms with van der Waals surface area (Å²) < 4.78 is 2.11. The van der Waals surface area contributed by atoms with Gasteiger partial charge in [0.2, 0.25) is 0 Å². The number of hydrogen-bond acceptors (Lipinski definition) is 3. The third kappa shape index (κ3) is 2.04. The van der Waals surface area contributed by atoms with E-state index in [-0.39, 0.29) is 0 Å². The van der Waals surface area contributed by atoms with Crippen LogP contribution in [0.1, 0.15) is 49.4 Å². The van der Waals surface area contributed by atoms with Gasteiger partial charge in [0.15, 0.2) is 11.5 Å². The Morgan fingerprint density at radius 2 is 2.00 bits per heavy atom. The maximum absolute atomic E-state index is 4.41. The molecule has 5 nitrogen and oxygen atoms in total. The largest absolute Gasteiger partial charge is 0.282 e. The molecule has 0 saturated heterocycles. The highest BCUT2D eigenvalue weighted by atomic mass is 15.3. The summed E-state index contributed by atoms with van der Waals surface area (Å²) in [4.78, 5) is 0. The van der Waals surface area contributed by atoms with Crippen molar-refractivity contribution in [1.82, 2.24) is 24.8 Å². The molecule has 5 heteroatoms. The van der Waals surface area contributed by atoms with Crippen molar-refractivity contribution in [1.29, 1.82) is 0 Å². The molecule has 108 valence electrons. The number of nitrogens with one attached hydrogen (secondary N) is 1. The highest BCUT2D eigenvalue weighted by Crippen LogP contribution is 2.36. The van der Waals surface area contributed by atoms with E-state index in [9.17, 15) is 0 Å². The predicted molar refractivity (Wildman–Crippen MR) is 81.1 cm³/mol. The van der Waals surface area contributed by atoms with Crippen LogP contribution in [0.4, 0.5) is 0 Å². The molecule has 0 unspecified atom stereocenters. The molecule has 3 heterocycles. The average Bonchev–Trinajstić information content (AvgIpc) is 3.15. The van der Waals surface area contributed by atoms with Crippen molar-refractivity contribution in [2.75, 3.05) is 0 Å². The minimum absolute atomic E-state index is 0.576. The number of aromatic nitrogens is 5. The molecule has 0 atom stereocenters. The summed E-state index contributed by atoms with van der Waals surface area (Å²) in [7, 11) is 0. The standard InChI is InChI=1S/C16H19N5/c1-11-6-5-9-14-18-20-16(21(11)14)13-10-17-19-15(13)12-7-3-2-4-8-12/h5-6,9-10,12H,2-4,7-8H2,1H3,(H,17,19). The second kappa shape index (κ2) is 4.98. The van der Waals surface area contributed by atoms with E-state index in [0.29, 0.717) is 5.92 Å². The Kier molecular flexibility index (Phi) is 2.98. The van der Waals surface area contributed by atoms with Crippen molar-refractivity contribution in [3.05, 3.63) is 35.8 Å². The Hall–Kier alpha value is -2.17. The van der Waals surface area contributed by atoms with Crippen LogP contribution in [-0.4, -0.2) is 24.8 Å². The molecule has 1 aliphatic carbocycles. The zero-order valence-electron chi connectivity index (χ0n) is 12.2. The molecule has 0 amide bonds. The molecule has 3 aromatic heterocycles. The Labute approximate surface area is 123 Å². The lowest BCUT2D eigenvalue weighted by atomic mass is 9.85. The molecule has 0 radical (unpaired) electrons. The highest BCUT2D eigenvalue weighted by molar-refractivity contribution is 5.62. The van der Waals surface area contributed by atoms with Crippen LogP contribution in [0.2, 0.25) is 0 Å². The summed E-state index contributed by atoms with van der Waals surface area (Å²) in [5, 5.41) is 16.2. The van der Waals surface area contributed by atoms with Crippen LogP contribution in [0.5, 0.6) is 0 Å². The summed E-state index contributed by atoms with van der Waals surface area (Å²) in [5.74, 6) is 1.48. The van der Waals surface area contributed by atoms with Gasteiger partial charge < -0.3 is 0 Å². The molecule has 0 aromatic carbocycles. The van der Waals surface area contributed by atoms with Crippen LogP contribution < -0.4 is 0 Å². The first kappa shape index (κ1) is 12.6. The molecule has 3 aromatic rings. The molecule has 0 bridgehead atoms. The fourth-order valence-corrected chi connectivity index (χ4v) is 3.45. The van der Waals surface area contributed by atoms with E-state index in [1.807, 2.05) is 18.3 Å². The van der Waals surface area contributed by atoms with E-state index in [1.165, 1.54) is 37.8 Å².